The van der Waals surface area contributed by atoms with E-state index in [1.54, 1.807) is 4.68 Å². The molecular weight excluding hydrogens is 202 g/mol. The first-order valence-electron chi connectivity index (χ1n) is 4.94. The second-order valence-corrected chi connectivity index (χ2v) is 3.39. The van der Waals surface area contributed by atoms with Crippen LogP contribution in [0.15, 0.2) is 30.3 Å². The highest BCUT2D eigenvalue weighted by Crippen LogP contribution is 2.07. The predicted octanol–water partition coefficient (Wildman–Crippen LogP) is 0.975. The SMILES string of the molecule is N#Cc1nnn(CCc2ccccc2)c1N. The van der Waals surface area contributed by atoms with Gasteiger partial charge >= 0.3 is 0 Å². The lowest BCUT2D eigenvalue weighted by Crippen LogP contribution is -2.07. The lowest BCUT2D eigenvalue weighted by molar-refractivity contribution is 0.596. The van der Waals surface area contributed by atoms with Crippen LogP contribution in [0, 0.1) is 11.3 Å². The number of rotatable bonds is 3. The summed E-state index contributed by atoms with van der Waals surface area (Å²) in [5.41, 5.74) is 7.09. The first-order chi connectivity index (χ1) is 7.81. The molecule has 1 heterocycles. The van der Waals surface area contributed by atoms with Gasteiger partial charge in [0.05, 0.1) is 0 Å². The number of anilines is 1. The Hall–Kier alpha value is -2.35. The Morgan fingerprint density at radius 1 is 1.31 bits per heavy atom. The van der Waals surface area contributed by atoms with Crippen molar-refractivity contribution in [1.82, 2.24) is 15.0 Å². The molecule has 0 fully saturated rings. The van der Waals surface area contributed by atoms with Crippen molar-refractivity contribution in [3.05, 3.63) is 41.6 Å². The summed E-state index contributed by atoms with van der Waals surface area (Å²) < 4.78 is 1.55. The minimum absolute atomic E-state index is 0.188. The van der Waals surface area contributed by atoms with Crippen LogP contribution < -0.4 is 5.73 Å². The van der Waals surface area contributed by atoms with Crippen LogP contribution in [0.2, 0.25) is 0 Å². The van der Waals surface area contributed by atoms with Crippen molar-refractivity contribution in [1.29, 1.82) is 5.26 Å². The van der Waals surface area contributed by atoms with E-state index in [9.17, 15) is 0 Å². The van der Waals surface area contributed by atoms with Gasteiger partial charge in [-0.05, 0) is 12.0 Å². The first kappa shape index (κ1) is 10.2. The normalized spacial score (nSPS) is 9.94. The molecule has 5 heteroatoms. The van der Waals surface area contributed by atoms with Gasteiger partial charge in [-0.3, -0.25) is 0 Å². The molecule has 0 aliphatic heterocycles. The Kier molecular flexibility index (Phi) is 2.83. The molecule has 1 aromatic heterocycles. The summed E-state index contributed by atoms with van der Waals surface area (Å²) in [5.74, 6) is 0.332. The third-order valence-electron chi connectivity index (χ3n) is 2.33. The lowest BCUT2D eigenvalue weighted by Gasteiger charge is -2.02. The van der Waals surface area contributed by atoms with E-state index < -0.39 is 0 Å². The Morgan fingerprint density at radius 2 is 2.06 bits per heavy atom. The number of aromatic nitrogens is 3. The molecule has 0 radical (unpaired) electrons. The highest BCUT2D eigenvalue weighted by molar-refractivity contribution is 5.42. The van der Waals surface area contributed by atoms with Gasteiger partial charge in [0, 0.05) is 6.54 Å². The van der Waals surface area contributed by atoms with Crippen molar-refractivity contribution >= 4 is 5.82 Å². The number of benzene rings is 1. The summed E-state index contributed by atoms with van der Waals surface area (Å²) in [6.07, 6.45) is 0.819. The number of nitrogen functional groups attached to an aromatic ring is 1. The van der Waals surface area contributed by atoms with Gasteiger partial charge in [-0.2, -0.15) is 5.26 Å². The second-order valence-electron chi connectivity index (χ2n) is 3.39. The Morgan fingerprint density at radius 3 is 2.69 bits per heavy atom. The highest BCUT2D eigenvalue weighted by atomic mass is 15.4. The van der Waals surface area contributed by atoms with Gasteiger partial charge in [-0.15, -0.1) is 5.10 Å². The molecule has 16 heavy (non-hydrogen) atoms. The van der Waals surface area contributed by atoms with E-state index in [1.165, 1.54) is 5.56 Å². The van der Waals surface area contributed by atoms with Crippen molar-refractivity contribution in [2.75, 3.05) is 5.73 Å². The van der Waals surface area contributed by atoms with Crippen molar-refractivity contribution in [2.24, 2.45) is 0 Å². The highest BCUT2D eigenvalue weighted by Gasteiger charge is 2.07. The van der Waals surface area contributed by atoms with E-state index in [-0.39, 0.29) is 5.69 Å². The summed E-state index contributed by atoms with van der Waals surface area (Å²) in [4.78, 5) is 0. The van der Waals surface area contributed by atoms with E-state index in [0.717, 1.165) is 6.42 Å². The van der Waals surface area contributed by atoms with Crippen LogP contribution in [-0.4, -0.2) is 15.0 Å². The predicted molar refractivity (Wildman–Crippen MR) is 59.3 cm³/mol. The topological polar surface area (TPSA) is 80.5 Å². The maximum atomic E-state index is 8.67. The zero-order chi connectivity index (χ0) is 11.4. The molecule has 2 aromatic rings. The lowest BCUT2D eigenvalue weighted by atomic mass is 10.1. The average molecular weight is 213 g/mol. The van der Waals surface area contributed by atoms with Crippen molar-refractivity contribution in [3.8, 4) is 6.07 Å². The molecule has 0 saturated carbocycles. The molecule has 80 valence electrons. The zero-order valence-electron chi connectivity index (χ0n) is 8.67. The molecule has 0 bridgehead atoms. The summed E-state index contributed by atoms with van der Waals surface area (Å²) >= 11 is 0. The van der Waals surface area contributed by atoms with Crippen LogP contribution in [0.1, 0.15) is 11.3 Å². The van der Waals surface area contributed by atoms with E-state index in [0.29, 0.717) is 12.4 Å². The molecule has 1 aromatic carbocycles. The summed E-state index contributed by atoms with van der Waals surface area (Å²) in [5, 5.41) is 16.2. The molecule has 0 saturated heterocycles. The molecule has 0 unspecified atom stereocenters. The number of nitriles is 1. The van der Waals surface area contributed by atoms with E-state index in [2.05, 4.69) is 10.3 Å². The number of aryl methyl sites for hydroxylation is 2. The minimum atomic E-state index is 0.188. The van der Waals surface area contributed by atoms with Crippen molar-refractivity contribution < 1.29 is 0 Å². The summed E-state index contributed by atoms with van der Waals surface area (Å²) in [7, 11) is 0. The minimum Gasteiger partial charge on any atom is -0.381 e. The fourth-order valence-electron chi connectivity index (χ4n) is 1.44. The van der Waals surface area contributed by atoms with Gasteiger partial charge in [0.15, 0.2) is 5.82 Å². The van der Waals surface area contributed by atoms with Crippen LogP contribution in [-0.2, 0) is 13.0 Å². The smallest absolute Gasteiger partial charge is 0.206 e. The van der Waals surface area contributed by atoms with Crippen LogP contribution in [0.3, 0.4) is 0 Å². The van der Waals surface area contributed by atoms with Gasteiger partial charge in [-0.1, -0.05) is 35.5 Å². The van der Waals surface area contributed by atoms with Crippen LogP contribution in [0.25, 0.3) is 0 Å². The molecule has 0 atom stereocenters. The van der Waals surface area contributed by atoms with E-state index in [1.807, 2.05) is 36.4 Å². The van der Waals surface area contributed by atoms with Crippen LogP contribution in [0.5, 0.6) is 0 Å². The molecule has 0 aliphatic rings. The number of hydrogen-bond acceptors (Lipinski definition) is 4. The maximum Gasteiger partial charge on any atom is 0.206 e. The number of hydrogen-bond donors (Lipinski definition) is 1. The second kappa shape index (κ2) is 4.45. The Labute approximate surface area is 93.1 Å². The Balaban J connectivity index is 2.06. The largest absolute Gasteiger partial charge is 0.381 e. The van der Waals surface area contributed by atoms with Gasteiger partial charge < -0.3 is 5.73 Å². The van der Waals surface area contributed by atoms with Gasteiger partial charge in [-0.25, -0.2) is 4.68 Å². The zero-order valence-corrected chi connectivity index (χ0v) is 8.67. The van der Waals surface area contributed by atoms with Gasteiger partial charge in [0.1, 0.15) is 6.07 Å². The standard InChI is InChI=1S/C11H11N5/c12-8-10-11(13)16(15-14-10)7-6-9-4-2-1-3-5-9/h1-5H,6-7,13H2. The quantitative estimate of drug-likeness (QED) is 0.823. The third kappa shape index (κ3) is 2.01. The molecule has 0 aliphatic carbocycles. The Bertz CT molecular complexity index is 509. The summed E-state index contributed by atoms with van der Waals surface area (Å²) in [6, 6.07) is 11.9. The molecule has 2 N–H and O–H groups in total. The molecular formula is C11H11N5. The van der Waals surface area contributed by atoms with Crippen molar-refractivity contribution in [2.45, 2.75) is 13.0 Å². The third-order valence-corrected chi connectivity index (χ3v) is 2.33. The fourth-order valence-corrected chi connectivity index (χ4v) is 1.44. The number of nitrogens with two attached hydrogens (primary N) is 1. The van der Waals surface area contributed by atoms with Gasteiger partial charge in [0.2, 0.25) is 5.69 Å². The molecule has 0 amide bonds. The summed E-state index contributed by atoms with van der Waals surface area (Å²) in [6.45, 7) is 0.629. The molecule has 5 nitrogen and oxygen atoms in total. The monoisotopic (exact) mass is 213 g/mol. The number of nitrogens with zero attached hydrogens (tertiary/aromatic N) is 4. The first-order valence-corrected chi connectivity index (χ1v) is 4.94. The van der Waals surface area contributed by atoms with Crippen LogP contribution >= 0.6 is 0 Å². The van der Waals surface area contributed by atoms with Gasteiger partial charge in [0.25, 0.3) is 0 Å². The fraction of sp³-hybridized carbons (Fsp3) is 0.182. The molecule has 0 spiro atoms. The maximum absolute atomic E-state index is 8.67. The van der Waals surface area contributed by atoms with E-state index >= 15 is 0 Å². The molecule has 2 rings (SSSR count). The van der Waals surface area contributed by atoms with E-state index in [4.69, 9.17) is 11.0 Å². The average Bonchev–Trinajstić information content (AvgIpc) is 2.69. The van der Waals surface area contributed by atoms with Crippen LogP contribution in [0.4, 0.5) is 5.82 Å². The van der Waals surface area contributed by atoms with Crippen molar-refractivity contribution in [3.63, 3.8) is 0 Å².